The highest BCUT2D eigenvalue weighted by atomic mass is 15.3. The number of nitrogens with zero attached hydrogens (tertiary/aromatic N) is 3. The van der Waals surface area contributed by atoms with Crippen molar-refractivity contribution >= 4 is 5.69 Å². The van der Waals surface area contributed by atoms with Crippen LogP contribution in [0.3, 0.4) is 0 Å². The summed E-state index contributed by atoms with van der Waals surface area (Å²) in [6, 6.07) is 10.6. The van der Waals surface area contributed by atoms with Gasteiger partial charge in [0.15, 0.2) is 0 Å². The van der Waals surface area contributed by atoms with Gasteiger partial charge < -0.3 is 5.32 Å². The van der Waals surface area contributed by atoms with Gasteiger partial charge >= 0.3 is 0 Å². The lowest BCUT2D eigenvalue weighted by molar-refractivity contribution is 0.687. The molecule has 1 aromatic carbocycles. The molecule has 1 N–H and O–H groups in total. The second-order valence-electron chi connectivity index (χ2n) is 6.02. The first-order chi connectivity index (χ1) is 9.83. The fourth-order valence-electron chi connectivity index (χ4n) is 2.42. The number of aryl methyl sites for hydroxylation is 2. The van der Waals surface area contributed by atoms with Gasteiger partial charge in [-0.05, 0) is 45.4 Å². The van der Waals surface area contributed by atoms with Gasteiger partial charge in [-0.25, -0.2) is 0 Å². The molecule has 0 bridgehead atoms. The standard InChI is InChI=1S/C17H22N4/c1-12(16-10-21(5)20-13(16)2)19-15-8-6-14(7-9-15)17(3,4)11-18/h6-10,12,19H,1-5H3. The highest BCUT2D eigenvalue weighted by Gasteiger charge is 2.19. The molecule has 0 aliphatic carbocycles. The van der Waals surface area contributed by atoms with Crippen molar-refractivity contribution in [2.45, 2.75) is 39.2 Å². The molecule has 0 fully saturated rings. The van der Waals surface area contributed by atoms with Gasteiger partial charge in [0.1, 0.15) is 0 Å². The van der Waals surface area contributed by atoms with Gasteiger partial charge in [-0.15, -0.1) is 0 Å². The molecule has 110 valence electrons. The van der Waals surface area contributed by atoms with Crippen molar-refractivity contribution < 1.29 is 0 Å². The van der Waals surface area contributed by atoms with Crippen molar-refractivity contribution in [3.63, 3.8) is 0 Å². The van der Waals surface area contributed by atoms with Crippen LogP contribution in [0.2, 0.25) is 0 Å². The molecule has 4 nitrogen and oxygen atoms in total. The van der Waals surface area contributed by atoms with E-state index < -0.39 is 5.41 Å². The molecule has 21 heavy (non-hydrogen) atoms. The third-order valence-electron chi connectivity index (χ3n) is 3.79. The van der Waals surface area contributed by atoms with Crippen LogP contribution in [0.15, 0.2) is 30.5 Å². The Kier molecular flexibility index (Phi) is 4.04. The lowest BCUT2D eigenvalue weighted by Crippen LogP contribution is -2.14. The molecule has 0 spiro atoms. The number of nitriles is 1. The molecule has 1 atom stereocenters. The topological polar surface area (TPSA) is 53.6 Å². The molecule has 0 aliphatic heterocycles. The molecule has 0 saturated carbocycles. The predicted molar refractivity (Wildman–Crippen MR) is 85.1 cm³/mol. The monoisotopic (exact) mass is 282 g/mol. The van der Waals surface area contributed by atoms with E-state index in [1.165, 1.54) is 5.56 Å². The summed E-state index contributed by atoms with van der Waals surface area (Å²) in [6.07, 6.45) is 2.04. The lowest BCUT2D eigenvalue weighted by atomic mass is 9.86. The van der Waals surface area contributed by atoms with E-state index in [1.54, 1.807) is 0 Å². The number of anilines is 1. The third kappa shape index (κ3) is 3.25. The summed E-state index contributed by atoms with van der Waals surface area (Å²) in [5, 5.41) is 17.0. The van der Waals surface area contributed by atoms with Crippen molar-refractivity contribution in [3.05, 3.63) is 47.3 Å². The van der Waals surface area contributed by atoms with Crippen LogP contribution in [0.4, 0.5) is 5.69 Å². The van der Waals surface area contributed by atoms with Crippen LogP contribution in [0.1, 0.15) is 43.6 Å². The average molecular weight is 282 g/mol. The van der Waals surface area contributed by atoms with E-state index >= 15 is 0 Å². The summed E-state index contributed by atoms with van der Waals surface area (Å²) < 4.78 is 1.83. The number of benzene rings is 1. The van der Waals surface area contributed by atoms with E-state index in [9.17, 15) is 0 Å². The quantitative estimate of drug-likeness (QED) is 0.930. The Morgan fingerprint density at radius 3 is 2.38 bits per heavy atom. The number of hydrogen-bond donors (Lipinski definition) is 1. The highest BCUT2D eigenvalue weighted by molar-refractivity contribution is 5.48. The van der Waals surface area contributed by atoms with Gasteiger partial charge in [0.05, 0.1) is 23.2 Å². The Hall–Kier alpha value is -2.28. The highest BCUT2D eigenvalue weighted by Crippen LogP contribution is 2.26. The second-order valence-corrected chi connectivity index (χ2v) is 6.02. The summed E-state index contributed by atoms with van der Waals surface area (Å²) in [5.41, 5.74) is 3.85. The van der Waals surface area contributed by atoms with Crippen LogP contribution in [-0.4, -0.2) is 9.78 Å². The Morgan fingerprint density at radius 2 is 1.90 bits per heavy atom. The molecule has 2 aromatic rings. The Labute approximate surface area is 126 Å². The van der Waals surface area contributed by atoms with Crippen LogP contribution < -0.4 is 5.32 Å². The van der Waals surface area contributed by atoms with Gasteiger partial charge in [0.2, 0.25) is 0 Å². The van der Waals surface area contributed by atoms with Crippen LogP contribution >= 0.6 is 0 Å². The van der Waals surface area contributed by atoms with Crippen molar-refractivity contribution in [1.29, 1.82) is 5.26 Å². The summed E-state index contributed by atoms with van der Waals surface area (Å²) >= 11 is 0. The first-order valence-electron chi connectivity index (χ1n) is 7.12. The molecule has 1 aromatic heterocycles. The SMILES string of the molecule is Cc1nn(C)cc1C(C)Nc1ccc(C(C)(C)C#N)cc1. The molecule has 1 heterocycles. The maximum absolute atomic E-state index is 9.17. The molecule has 0 aliphatic rings. The summed E-state index contributed by atoms with van der Waals surface area (Å²) in [4.78, 5) is 0. The van der Waals surface area contributed by atoms with E-state index in [0.29, 0.717) is 0 Å². The fourth-order valence-corrected chi connectivity index (χ4v) is 2.42. The second kappa shape index (κ2) is 5.61. The van der Waals surface area contributed by atoms with Gasteiger partial charge in [0, 0.05) is 24.5 Å². The van der Waals surface area contributed by atoms with Crippen LogP contribution in [-0.2, 0) is 12.5 Å². The Bertz CT molecular complexity index is 659. The van der Waals surface area contributed by atoms with Crippen molar-refractivity contribution in [2.24, 2.45) is 7.05 Å². The number of nitrogens with one attached hydrogen (secondary N) is 1. The van der Waals surface area contributed by atoms with Gasteiger partial charge in [-0.2, -0.15) is 10.4 Å². The van der Waals surface area contributed by atoms with Gasteiger partial charge in [-0.3, -0.25) is 4.68 Å². The molecule has 2 rings (SSSR count). The number of rotatable bonds is 4. The molecule has 4 heteroatoms. The fraction of sp³-hybridized carbons (Fsp3) is 0.412. The largest absolute Gasteiger partial charge is 0.378 e. The smallest absolute Gasteiger partial charge is 0.0766 e. The third-order valence-corrected chi connectivity index (χ3v) is 3.79. The maximum atomic E-state index is 9.17. The van der Waals surface area contributed by atoms with Gasteiger partial charge in [0.25, 0.3) is 0 Å². The molecule has 0 amide bonds. The summed E-state index contributed by atoms with van der Waals surface area (Å²) in [5.74, 6) is 0. The Morgan fingerprint density at radius 1 is 1.29 bits per heavy atom. The predicted octanol–water partition coefficient (Wildman–Crippen LogP) is 3.70. The minimum atomic E-state index is -0.454. The first-order valence-corrected chi connectivity index (χ1v) is 7.12. The van der Waals surface area contributed by atoms with Crippen molar-refractivity contribution in [2.75, 3.05) is 5.32 Å². The van der Waals surface area contributed by atoms with E-state index in [-0.39, 0.29) is 6.04 Å². The zero-order chi connectivity index (χ0) is 15.6. The normalized spacial score (nSPS) is 12.8. The van der Waals surface area contributed by atoms with Crippen molar-refractivity contribution in [1.82, 2.24) is 9.78 Å². The van der Waals surface area contributed by atoms with E-state index in [1.807, 2.05) is 63.0 Å². The van der Waals surface area contributed by atoms with Crippen molar-refractivity contribution in [3.8, 4) is 6.07 Å². The first kappa shape index (κ1) is 15.1. The lowest BCUT2D eigenvalue weighted by Gasteiger charge is -2.18. The summed E-state index contributed by atoms with van der Waals surface area (Å²) in [6.45, 7) is 8.00. The average Bonchev–Trinajstić information content (AvgIpc) is 2.78. The number of hydrogen-bond acceptors (Lipinski definition) is 3. The van der Waals surface area contributed by atoms with Crippen LogP contribution in [0.5, 0.6) is 0 Å². The van der Waals surface area contributed by atoms with Crippen LogP contribution in [0.25, 0.3) is 0 Å². The van der Waals surface area contributed by atoms with Crippen LogP contribution in [0, 0.1) is 18.3 Å². The molecular formula is C17H22N4. The van der Waals surface area contributed by atoms with E-state index in [4.69, 9.17) is 5.26 Å². The molecule has 1 unspecified atom stereocenters. The number of aromatic nitrogens is 2. The molecule has 0 radical (unpaired) electrons. The summed E-state index contributed by atoms with van der Waals surface area (Å²) in [7, 11) is 1.93. The van der Waals surface area contributed by atoms with E-state index in [2.05, 4.69) is 23.4 Å². The van der Waals surface area contributed by atoms with E-state index in [0.717, 1.165) is 16.9 Å². The Balaban J connectivity index is 2.14. The zero-order valence-electron chi connectivity index (χ0n) is 13.3. The van der Waals surface area contributed by atoms with Gasteiger partial charge in [-0.1, -0.05) is 12.1 Å². The molecule has 0 saturated heterocycles. The minimum Gasteiger partial charge on any atom is -0.378 e. The molecular weight excluding hydrogens is 260 g/mol. The maximum Gasteiger partial charge on any atom is 0.0766 e. The minimum absolute atomic E-state index is 0.188. The zero-order valence-corrected chi connectivity index (χ0v) is 13.3.